The Bertz CT molecular complexity index is 761. The normalized spacial score (nSPS) is 12.4. The number of carbonyl (C=O) groups is 2. The SMILES string of the molecule is CCN(Cc1ccccc1)C(=O)C(=O)Nc1ccc2c(c1)OCCO2. The molecule has 0 saturated carbocycles. The maximum absolute atomic E-state index is 12.4. The van der Waals surface area contributed by atoms with Gasteiger partial charge in [-0.2, -0.15) is 0 Å². The summed E-state index contributed by atoms with van der Waals surface area (Å²) in [5.41, 5.74) is 1.48. The van der Waals surface area contributed by atoms with E-state index in [1.165, 1.54) is 4.90 Å². The van der Waals surface area contributed by atoms with Gasteiger partial charge in [-0.25, -0.2) is 0 Å². The molecule has 1 aliphatic heterocycles. The maximum Gasteiger partial charge on any atom is 0.313 e. The van der Waals surface area contributed by atoms with Gasteiger partial charge >= 0.3 is 11.8 Å². The van der Waals surface area contributed by atoms with Crippen LogP contribution in [0.4, 0.5) is 5.69 Å². The third-order valence-electron chi connectivity index (χ3n) is 3.88. The van der Waals surface area contributed by atoms with E-state index in [4.69, 9.17) is 9.47 Å². The van der Waals surface area contributed by atoms with Gasteiger partial charge < -0.3 is 19.7 Å². The van der Waals surface area contributed by atoms with Crippen molar-refractivity contribution in [2.24, 2.45) is 0 Å². The number of anilines is 1. The third kappa shape index (κ3) is 4.09. The molecule has 0 saturated heterocycles. The largest absolute Gasteiger partial charge is 0.486 e. The van der Waals surface area contributed by atoms with Crippen molar-refractivity contribution < 1.29 is 19.1 Å². The Kier molecular flexibility index (Phi) is 5.18. The molecule has 6 nitrogen and oxygen atoms in total. The van der Waals surface area contributed by atoms with Crippen molar-refractivity contribution in [3.63, 3.8) is 0 Å². The summed E-state index contributed by atoms with van der Waals surface area (Å²) in [5, 5.41) is 2.63. The van der Waals surface area contributed by atoms with Crippen molar-refractivity contribution in [2.75, 3.05) is 25.1 Å². The predicted octanol–water partition coefficient (Wildman–Crippen LogP) is 2.45. The molecule has 0 atom stereocenters. The summed E-state index contributed by atoms with van der Waals surface area (Å²) in [6, 6.07) is 14.6. The Balaban J connectivity index is 1.66. The van der Waals surface area contributed by atoms with E-state index in [1.54, 1.807) is 18.2 Å². The van der Waals surface area contributed by atoms with Crippen LogP contribution in [0.15, 0.2) is 48.5 Å². The Morgan fingerprint density at radius 2 is 1.76 bits per heavy atom. The standard InChI is InChI=1S/C19H20N2O4/c1-2-21(13-14-6-4-3-5-7-14)19(23)18(22)20-15-8-9-16-17(12-15)25-11-10-24-16/h3-9,12H,2,10-11,13H2,1H3,(H,20,22). The smallest absolute Gasteiger partial charge is 0.313 e. The summed E-state index contributed by atoms with van der Waals surface area (Å²) >= 11 is 0. The molecular formula is C19H20N2O4. The van der Waals surface area contributed by atoms with E-state index in [2.05, 4.69) is 5.32 Å². The molecule has 2 aromatic rings. The highest BCUT2D eigenvalue weighted by Gasteiger charge is 2.21. The molecule has 2 aromatic carbocycles. The number of hydrogen-bond acceptors (Lipinski definition) is 4. The van der Waals surface area contributed by atoms with E-state index in [-0.39, 0.29) is 0 Å². The molecule has 0 unspecified atom stereocenters. The molecule has 1 aliphatic rings. The number of likely N-dealkylation sites (N-methyl/N-ethyl adjacent to an activating group) is 1. The van der Waals surface area contributed by atoms with Crippen molar-refractivity contribution in [2.45, 2.75) is 13.5 Å². The second-order valence-electron chi connectivity index (χ2n) is 5.62. The lowest BCUT2D eigenvalue weighted by Gasteiger charge is -2.21. The molecule has 25 heavy (non-hydrogen) atoms. The van der Waals surface area contributed by atoms with Crippen LogP contribution in [0.3, 0.4) is 0 Å². The van der Waals surface area contributed by atoms with Gasteiger partial charge in [0.2, 0.25) is 0 Å². The van der Waals surface area contributed by atoms with Crippen LogP contribution in [0.5, 0.6) is 11.5 Å². The molecule has 0 radical (unpaired) electrons. The van der Waals surface area contributed by atoms with Gasteiger partial charge in [-0.05, 0) is 24.6 Å². The molecule has 2 amide bonds. The fourth-order valence-corrected chi connectivity index (χ4v) is 2.58. The zero-order valence-electron chi connectivity index (χ0n) is 14.0. The summed E-state index contributed by atoms with van der Waals surface area (Å²) in [7, 11) is 0. The van der Waals surface area contributed by atoms with Gasteiger partial charge in [0.25, 0.3) is 0 Å². The molecule has 1 N–H and O–H groups in total. The first-order chi connectivity index (χ1) is 12.2. The molecule has 6 heteroatoms. The van der Waals surface area contributed by atoms with E-state index in [0.29, 0.717) is 43.5 Å². The lowest BCUT2D eigenvalue weighted by molar-refractivity contribution is -0.143. The molecule has 0 aromatic heterocycles. The first-order valence-electron chi connectivity index (χ1n) is 8.21. The van der Waals surface area contributed by atoms with Crippen LogP contribution >= 0.6 is 0 Å². The van der Waals surface area contributed by atoms with Crippen LogP contribution in [0.25, 0.3) is 0 Å². The fourth-order valence-electron chi connectivity index (χ4n) is 2.58. The van der Waals surface area contributed by atoms with Gasteiger partial charge in [0.15, 0.2) is 11.5 Å². The average Bonchev–Trinajstić information content (AvgIpc) is 2.66. The molecule has 0 bridgehead atoms. The fraction of sp³-hybridized carbons (Fsp3) is 0.263. The highest BCUT2D eigenvalue weighted by molar-refractivity contribution is 6.39. The van der Waals surface area contributed by atoms with E-state index in [9.17, 15) is 9.59 Å². The zero-order chi connectivity index (χ0) is 17.6. The number of benzene rings is 2. The zero-order valence-corrected chi connectivity index (χ0v) is 14.0. The number of amides is 2. The summed E-state index contributed by atoms with van der Waals surface area (Å²) in [6.45, 7) is 3.65. The molecule has 3 rings (SSSR count). The first-order valence-corrected chi connectivity index (χ1v) is 8.21. The predicted molar refractivity (Wildman–Crippen MR) is 93.6 cm³/mol. The monoisotopic (exact) mass is 340 g/mol. The molecular weight excluding hydrogens is 320 g/mol. The van der Waals surface area contributed by atoms with E-state index >= 15 is 0 Å². The number of nitrogens with one attached hydrogen (secondary N) is 1. The minimum atomic E-state index is -0.672. The van der Waals surface area contributed by atoms with Crippen LogP contribution in [-0.2, 0) is 16.1 Å². The van der Waals surface area contributed by atoms with Crippen molar-refractivity contribution in [1.82, 2.24) is 4.90 Å². The third-order valence-corrected chi connectivity index (χ3v) is 3.88. The van der Waals surface area contributed by atoms with E-state index in [1.807, 2.05) is 37.3 Å². The Labute approximate surface area is 146 Å². The van der Waals surface area contributed by atoms with Crippen LogP contribution in [0.2, 0.25) is 0 Å². The van der Waals surface area contributed by atoms with Crippen molar-refractivity contribution in [3.8, 4) is 11.5 Å². The Morgan fingerprint density at radius 3 is 2.48 bits per heavy atom. The minimum Gasteiger partial charge on any atom is -0.486 e. The molecule has 0 spiro atoms. The first kappa shape index (κ1) is 16.8. The van der Waals surface area contributed by atoms with Gasteiger partial charge in [-0.1, -0.05) is 30.3 Å². The van der Waals surface area contributed by atoms with Crippen LogP contribution in [-0.4, -0.2) is 36.5 Å². The van der Waals surface area contributed by atoms with Gasteiger partial charge in [-0.15, -0.1) is 0 Å². The lowest BCUT2D eigenvalue weighted by Crippen LogP contribution is -2.39. The van der Waals surface area contributed by atoms with Gasteiger partial charge in [0, 0.05) is 24.8 Å². The maximum atomic E-state index is 12.4. The van der Waals surface area contributed by atoms with Gasteiger partial charge in [0.05, 0.1) is 0 Å². The molecule has 0 aliphatic carbocycles. The molecule has 1 heterocycles. The second-order valence-corrected chi connectivity index (χ2v) is 5.62. The van der Waals surface area contributed by atoms with Crippen molar-refractivity contribution in [3.05, 3.63) is 54.1 Å². The van der Waals surface area contributed by atoms with Gasteiger partial charge in [-0.3, -0.25) is 9.59 Å². The Morgan fingerprint density at radius 1 is 1.04 bits per heavy atom. The minimum absolute atomic E-state index is 0.394. The topological polar surface area (TPSA) is 67.9 Å². The number of ether oxygens (including phenoxy) is 2. The summed E-state index contributed by atoms with van der Waals surface area (Å²) in [6.07, 6.45) is 0. The van der Waals surface area contributed by atoms with Gasteiger partial charge in [0.1, 0.15) is 13.2 Å². The molecule has 130 valence electrons. The number of rotatable bonds is 4. The van der Waals surface area contributed by atoms with Crippen molar-refractivity contribution in [1.29, 1.82) is 0 Å². The highest BCUT2D eigenvalue weighted by Crippen LogP contribution is 2.32. The summed E-state index contributed by atoms with van der Waals surface area (Å²) in [5.74, 6) is -0.0429. The van der Waals surface area contributed by atoms with Crippen LogP contribution in [0.1, 0.15) is 12.5 Å². The van der Waals surface area contributed by atoms with Crippen molar-refractivity contribution >= 4 is 17.5 Å². The number of nitrogens with zero attached hydrogens (tertiary/aromatic N) is 1. The second kappa shape index (κ2) is 7.70. The number of fused-ring (bicyclic) bond motifs is 1. The molecule has 0 fully saturated rings. The van der Waals surface area contributed by atoms with Crippen LogP contribution < -0.4 is 14.8 Å². The van der Waals surface area contributed by atoms with E-state index < -0.39 is 11.8 Å². The number of hydrogen-bond donors (Lipinski definition) is 1. The summed E-state index contributed by atoms with van der Waals surface area (Å²) in [4.78, 5) is 26.2. The lowest BCUT2D eigenvalue weighted by atomic mass is 10.2. The van der Waals surface area contributed by atoms with E-state index in [0.717, 1.165) is 5.56 Å². The summed E-state index contributed by atoms with van der Waals surface area (Å²) < 4.78 is 10.9. The number of carbonyl (C=O) groups excluding carboxylic acids is 2. The average molecular weight is 340 g/mol. The Hall–Kier alpha value is -3.02. The van der Waals surface area contributed by atoms with Crippen LogP contribution in [0, 0.1) is 0 Å². The quantitative estimate of drug-likeness (QED) is 0.868. The highest BCUT2D eigenvalue weighted by atomic mass is 16.6.